The zero-order valence-corrected chi connectivity index (χ0v) is 15.6. The second-order valence-electron chi connectivity index (χ2n) is 8.16. The number of hydrogen-bond donors (Lipinski definition) is 0. The van der Waals surface area contributed by atoms with Gasteiger partial charge in [-0.05, 0) is 54.7 Å². The topological polar surface area (TPSA) is 0 Å². The standard InChI is InChI=1S/C23H32F2/c1-2-3-4-5-17-6-8-18(9-7-17)10-11-19-12-14-21-20(16-19)13-15-22(24)23(21)25/h12-13,15,17-18H,2-11,14,16H2,1H3. The largest absolute Gasteiger partial charge is 0.204 e. The van der Waals surface area contributed by atoms with E-state index in [0.717, 1.165) is 30.2 Å². The van der Waals surface area contributed by atoms with Crippen molar-refractivity contribution in [3.63, 3.8) is 0 Å². The highest BCUT2D eigenvalue weighted by Gasteiger charge is 2.22. The molecule has 0 amide bonds. The Morgan fingerprint density at radius 2 is 1.68 bits per heavy atom. The summed E-state index contributed by atoms with van der Waals surface area (Å²) >= 11 is 0. The van der Waals surface area contributed by atoms with Gasteiger partial charge < -0.3 is 0 Å². The summed E-state index contributed by atoms with van der Waals surface area (Å²) < 4.78 is 27.2. The minimum absolute atomic E-state index is 0.554. The van der Waals surface area contributed by atoms with Crippen molar-refractivity contribution < 1.29 is 8.78 Å². The van der Waals surface area contributed by atoms with Gasteiger partial charge in [-0.2, -0.15) is 0 Å². The van der Waals surface area contributed by atoms with Crippen LogP contribution in [0.5, 0.6) is 0 Å². The van der Waals surface area contributed by atoms with Gasteiger partial charge in [-0.15, -0.1) is 0 Å². The highest BCUT2D eigenvalue weighted by molar-refractivity contribution is 5.38. The Hall–Kier alpha value is -1.18. The van der Waals surface area contributed by atoms with Crippen LogP contribution in [0.1, 0.15) is 82.3 Å². The van der Waals surface area contributed by atoms with Crippen LogP contribution in [0.4, 0.5) is 8.78 Å². The molecule has 0 aliphatic heterocycles. The monoisotopic (exact) mass is 346 g/mol. The molecule has 0 bridgehead atoms. The number of unbranched alkanes of at least 4 members (excludes halogenated alkanes) is 2. The third kappa shape index (κ3) is 4.92. The number of halogens is 2. The smallest absolute Gasteiger partial charge is 0.162 e. The van der Waals surface area contributed by atoms with Crippen molar-refractivity contribution in [1.29, 1.82) is 0 Å². The van der Waals surface area contributed by atoms with Gasteiger partial charge in [-0.3, -0.25) is 0 Å². The van der Waals surface area contributed by atoms with Crippen LogP contribution >= 0.6 is 0 Å². The molecule has 25 heavy (non-hydrogen) atoms. The minimum atomic E-state index is -0.716. The lowest BCUT2D eigenvalue weighted by Crippen LogP contribution is -2.15. The normalized spacial score (nSPS) is 23.2. The molecule has 0 heterocycles. The van der Waals surface area contributed by atoms with E-state index in [1.807, 2.05) is 0 Å². The molecular weight excluding hydrogens is 314 g/mol. The van der Waals surface area contributed by atoms with Gasteiger partial charge in [-0.25, -0.2) is 8.78 Å². The van der Waals surface area contributed by atoms with Crippen LogP contribution in [0.3, 0.4) is 0 Å². The Morgan fingerprint density at radius 1 is 0.960 bits per heavy atom. The second kappa shape index (κ2) is 8.96. The van der Waals surface area contributed by atoms with Gasteiger partial charge in [0.15, 0.2) is 11.6 Å². The number of fused-ring (bicyclic) bond motifs is 1. The summed E-state index contributed by atoms with van der Waals surface area (Å²) in [5, 5.41) is 0. The predicted octanol–water partition coefficient (Wildman–Crippen LogP) is 7.16. The molecule has 0 aromatic heterocycles. The predicted molar refractivity (Wildman–Crippen MR) is 101 cm³/mol. The molecule has 3 rings (SSSR count). The average Bonchev–Trinajstić information content (AvgIpc) is 2.64. The van der Waals surface area contributed by atoms with E-state index in [4.69, 9.17) is 0 Å². The first kappa shape index (κ1) is 18.6. The Kier molecular flexibility index (Phi) is 6.67. The van der Waals surface area contributed by atoms with Crippen molar-refractivity contribution in [2.45, 2.75) is 84.0 Å². The highest BCUT2D eigenvalue weighted by Crippen LogP contribution is 2.36. The summed E-state index contributed by atoms with van der Waals surface area (Å²) in [6.07, 6.45) is 17.1. The number of allylic oxidation sites excluding steroid dienone is 2. The Balaban J connectivity index is 1.42. The van der Waals surface area contributed by atoms with Gasteiger partial charge >= 0.3 is 0 Å². The van der Waals surface area contributed by atoms with E-state index in [2.05, 4.69) is 13.0 Å². The Labute approximate surface area is 151 Å². The molecule has 2 heteroatoms. The summed E-state index contributed by atoms with van der Waals surface area (Å²) in [5.41, 5.74) is 2.97. The summed E-state index contributed by atoms with van der Waals surface area (Å²) in [6.45, 7) is 2.28. The molecule has 138 valence electrons. The maximum absolute atomic E-state index is 13.8. The quantitative estimate of drug-likeness (QED) is 0.363. The highest BCUT2D eigenvalue weighted by atomic mass is 19.2. The molecule has 0 nitrogen and oxygen atoms in total. The van der Waals surface area contributed by atoms with Crippen LogP contribution in [0, 0.1) is 23.5 Å². The first-order chi connectivity index (χ1) is 12.2. The van der Waals surface area contributed by atoms with Crippen molar-refractivity contribution in [3.05, 3.63) is 46.5 Å². The molecule has 0 atom stereocenters. The molecule has 0 radical (unpaired) electrons. The van der Waals surface area contributed by atoms with E-state index in [9.17, 15) is 8.78 Å². The third-order valence-electron chi connectivity index (χ3n) is 6.36. The van der Waals surface area contributed by atoms with Crippen LogP contribution in [0.25, 0.3) is 0 Å². The van der Waals surface area contributed by atoms with Gasteiger partial charge in [0.25, 0.3) is 0 Å². The first-order valence-corrected chi connectivity index (χ1v) is 10.3. The van der Waals surface area contributed by atoms with E-state index in [1.54, 1.807) is 6.07 Å². The van der Waals surface area contributed by atoms with Crippen LogP contribution in [0.2, 0.25) is 0 Å². The van der Waals surface area contributed by atoms with Crippen LogP contribution < -0.4 is 0 Å². The molecule has 2 aliphatic rings. The van der Waals surface area contributed by atoms with Gasteiger partial charge in [0, 0.05) is 0 Å². The van der Waals surface area contributed by atoms with E-state index < -0.39 is 11.6 Å². The van der Waals surface area contributed by atoms with Crippen molar-refractivity contribution >= 4 is 0 Å². The van der Waals surface area contributed by atoms with Gasteiger partial charge in [-0.1, -0.05) is 76.0 Å². The van der Waals surface area contributed by atoms with Crippen LogP contribution in [-0.4, -0.2) is 0 Å². The van der Waals surface area contributed by atoms with Crippen LogP contribution in [0.15, 0.2) is 23.8 Å². The summed E-state index contributed by atoms with van der Waals surface area (Å²) in [5.74, 6) is 0.483. The second-order valence-corrected chi connectivity index (χ2v) is 8.16. The molecule has 1 aromatic carbocycles. The Morgan fingerprint density at radius 3 is 2.40 bits per heavy atom. The molecule has 1 fully saturated rings. The lowest BCUT2D eigenvalue weighted by molar-refractivity contribution is 0.249. The maximum Gasteiger partial charge on any atom is 0.162 e. The average molecular weight is 347 g/mol. The number of rotatable bonds is 7. The van der Waals surface area contributed by atoms with Crippen molar-refractivity contribution in [3.8, 4) is 0 Å². The lowest BCUT2D eigenvalue weighted by Gasteiger charge is -2.29. The van der Waals surface area contributed by atoms with Crippen molar-refractivity contribution in [2.75, 3.05) is 0 Å². The molecule has 2 aliphatic carbocycles. The maximum atomic E-state index is 13.8. The van der Waals surface area contributed by atoms with Gasteiger partial charge in [0.2, 0.25) is 0 Å². The van der Waals surface area contributed by atoms with E-state index >= 15 is 0 Å². The fourth-order valence-electron chi connectivity index (χ4n) is 4.65. The van der Waals surface area contributed by atoms with E-state index in [1.165, 1.54) is 69.4 Å². The molecule has 1 saturated carbocycles. The molecule has 1 aromatic rings. The summed E-state index contributed by atoms with van der Waals surface area (Å²) in [6, 6.07) is 3.04. The first-order valence-electron chi connectivity index (χ1n) is 10.3. The number of benzene rings is 1. The van der Waals surface area contributed by atoms with Gasteiger partial charge in [0.05, 0.1) is 0 Å². The summed E-state index contributed by atoms with van der Waals surface area (Å²) in [4.78, 5) is 0. The SMILES string of the molecule is CCCCCC1CCC(CCC2=CCc3c(ccc(F)c3F)C2)CC1. The zero-order chi connectivity index (χ0) is 17.6. The fourth-order valence-corrected chi connectivity index (χ4v) is 4.65. The third-order valence-corrected chi connectivity index (χ3v) is 6.36. The van der Waals surface area contributed by atoms with Crippen molar-refractivity contribution in [1.82, 2.24) is 0 Å². The zero-order valence-electron chi connectivity index (χ0n) is 15.6. The Bertz CT molecular complexity index is 594. The van der Waals surface area contributed by atoms with Crippen molar-refractivity contribution in [2.24, 2.45) is 11.8 Å². The fraction of sp³-hybridized carbons (Fsp3) is 0.652. The molecular formula is C23H32F2. The minimum Gasteiger partial charge on any atom is -0.204 e. The van der Waals surface area contributed by atoms with Gasteiger partial charge in [0.1, 0.15) is 0 Å². The molecule has 0 unspecified atom stereocenters. The molecule has 0 saturated heterocycles. The van der Waals surface area contributed by atoms with E-state index in [-0.39, 0.29) is 0 Å². The van der Waals surface area contributed by atoms with Crippen LogP contribution in [-0.2, 0) is 12.8 Å². The molecule has 0 N–H and O–H groups in total. The van der Waals surface area contributed by atoms with E-state index in [0.29, 0.717) is 12.0 Å². The molecule has 0 spiro atoms. The number of hydrogen-bond acceptors (Lipinski definition) is 0. The summed E-state index contributed by atoms with van der Waals surface area (Å²) in [7, 11) is 0. The lowest BCUT2D eigenvalue weighted by atomic mass is 9.77.